The Morgan fingerprint density at radius 1 is 1.23 bits per heavy atom. The monoisotopic (exact) mass is 262 g/mol. The van der Waals surface area contributed by atoms with E-state index < -0.39 is 0 Å². The van der Waals surface area contributed by atoms with Crippen molar-refractivity contribution < 1.29 is 37.4 Å². The fourth-order valence-corrected chi connectivity index (χ4v) is 0.877. The molecule has 0 radical (unpaired) electrons. The van der Waals surface area contributed by atoms with Gasteiger partial charge in [0.2, 0.25) is 0 Å². The third-order valence-corrected chi connectivity index (χ3v) is 2.44. The first kappa shape index (κ1) is 19.6. The van der Waals surface area contributed by atoms with Crippen molar-refractivity contribution in [3.8, 4) is 0 Å². The third-order valence-electron chi connectivity index (χ3n) is 2.44. The van der Waals surface area contributed by atoms with Gasteiger partial charge in [0, 0.05) is 6.61 Å². The molecular formula is C10H23NOY+. The molecule has 0 aromatic carbocycles. The fraction of sp³-hybridized carbons (Fsp3) is 0.900. The second-order valence-electron chi connectivity index (χ2n) is 3.44. The molecule has 76 valence electrons. The van der Waals surface area contributed by atoms with Gasteiger partial charge in [-0.3, -0.25) is 0 Å². The normalized spacial score (nSPS) is 10.2. The van der Waals surface area contributed by atoms with Gasteiger partial charge in [0.05, 0.1) is 0 Å². The van der Waals surface area contributed by atoms with E-state index in [0.29, 0.717) is 5.41 Å². The van der Waals surface area contributed by atoms with Crippen molar-refractivity contribution in [2.75, 3.05) is 13.2 Å². The van der Waals surface area contributed by atoms with Crippen LogP contribution in [0.1, 0.15) is 40.5 Å². The smallest absolute Gasteiger partial charge is 0.693 e. The summed E-state index contributed by atoms with van der Waals surface area (Å²) in [4.78, 5) is 0. The van der Waals surface area contributed by atoms with Crippen LogP contribution in [0.15, 0.2) is 0 Å². The predicted octanol–water partition coefficient (Wildman–Crippen LogP) is 3.77. The summed E-state index contributed by atoms with van der Waals surface area (Å²) >= 11 is 0. The minimum Gasteiger partial charge on any atom is -0.693 e. The van der Waals surface area contributed by atoms with Crippen molar-refractivity contribution in [1.29, 1.82) is 0 Å². The van der Waals surface area contributed by atoms with Crippen LogP contribution in [0.2, 0.25) is 0 Å². The molecule has 3 heteroatoms. The van der Waals surface area contributed by atoms with Crippen molar-refractivity contribution >= 4 is 0 Å². The maximum Gasteiger partial charge on any atom is 3.00 e. The molecular weight excluding hydrogens is 239 g/mol. The predicted molar refractivity (Wildman–Crippen MR) is 54.8 cm³/mol. The Hall–Kier alpha value is 1.02. The van der Waals surface area contributed by atoms with Crippen molar-refractivity contribution in [3.05, 3.63) is 12.6 Å². The quantitative estimate of drug-likeness (QED) is 0.530. The molecule has 2 nitrogen and oxygen atoms in total. The summed E-state index contributed by atoms with van der Waals surface area (Å²) in [6.07, 6.45) is 4.45. The summed E-state index contributed by atoms with van der Waals surface area (Å²) in [5.41, 5.74) is 0.392. The third kappa shape index (κ3) is 9.33. The zero-order chi connectivity index (χ0) is 8.74. The molecule has 0 aliphatic carbocycles. The van der Waals surface area contributed by atoms with Gasteiger partial charge in [0.15, 0.2) is 0 Å². The van der Waals surface area contributed by atoms with E-state index in [9.17, 15) is 0 Å². The van der Waals surface area contributed by atoms with Gasteiger partial charge < -0.3 is 17.3 Å². The summed E-state index contributed by atoms with van der Waals surface area (Å²) in [6, 6.07) is 0. The Balaban J connectivity index is -0.000000500. The second kappa shape index (κ2) is 11.1. The van der Waals surface area contributed by atoms with Crippen LogP contribution in [0.5, 0.6) is 0 Å². The Morgan fingerprint density at radius 2 is 1.69 bits per heavy atom. The van der Waals surface area contributed by atoms with Gasteiger partial charge in [-0.15, -0.1) is 0 Å². The molecule has 0 fully saturated rings. The van der Waals surface area contributed by atoms with E-state index in [2.05, 4.69) is 20.8 Å². The number of hydrogen-bond acceptors (Lipinski definition) is 1. The first-order chi connectivity index (χ1) is 5.18. The van der Waals surface area contributed by atoms with Crippen molar-refractivity contribution in [3.63, 3.8) is 0 Å². The zero-order valence-electron chi connectivity index (χ0n) is 9.47. The van der Waals surface area contributed by atoms with Crippen LogP contribution in [0, 0.1) is 11.8 Å². The molecule has 0 aromatic heterocycles. The Morgan fingerprint density at radius 3 is 2.00 bits per heavy atom. The van der Waals surface area contributed by atoms with Crippen molar-refractivity contribution in [2.24, 2.45) is 5.41 Å². The van der Waals surface area contributed by atoms with E-state index in [4.69, 9.17) is 4.74 Å². The van der Waals surface area contributed by atoms with Gasteiger partial charge in [-0.05, 0) is 18.3 Å². The van der Waals surface area contributed by atoms with Crippen LogP contribution >= 0.6 is 0 Å². The molecule has 0 saturated carbocycles. The second-order valence-corrected chi connectivity index (χ2v) is 3.44. The molecule has 0 aliphatic rings. The summed E-state index contributed by atoms with van der Waals surface area (Å²) in [5.74, 6) is 0. The SMILES string of the molecule is C[CH-]COCC(C)(CC)CC.[NH2-].[Y+3]. The average molecular weight is 262 g/mol. The van der Waals surface area contributed by atoms with Crippen LogP contribution < -0.4 is 0 Å². The van der Waals surface area contributed by atoms with E-state index in [1.807, 2.05) is 13.3 Å². The van der Waals surface area contributed by atoms with Gasteiger partial charge in [0.1, 0.15) is 0 Å². The molecule has 0 rings (SSSR count). The van der Waals surface area contributed by atoms with Gasteiger partial charge >= 0.3 is 32.7 Å². The van der Waals surface area contributed by atoms with E-state index >= 15 is 0 Å². The molecule has 0 unspecified atom stereocenters. The van der Waals surface area contributed by atoms with Crippen molar-refractivity contribution in [2.45, 2.75) is 40.5 Å². The van der Waals surface area contributed by atoms with Gasteiger partial charge in [0.25, 0.3) is 0 Å². The summed E-state index contributed by atoms with van der Waals surface area (Å²) in [6.45, 7) is 10.4. The van der Waals surface area contributed by atoms with E-state index in [0.717, 1.165) is 13.2 Å². The van der Waals surface area contributed by atoms with Gasteiger partial charge in [-0.1, -0.05) is 27.4 Å². The maximum absolute atomic E-state index is 5.47. The Kier molecular flexibility index (Phi) is 16.7. The molecule has 0 amide bonds. The first-order valence-corrected chi connectivity index (χ1v) is 4.54. The van der Waals surface area contributed by atoms with Crippen LogP contribution in [-0.2, 0) is 37.4 Å². The molecule has 0 aliphatic heterocycles. The molecule has 0 bridgehead atoms. The number of rotatable bonds is 6. The minimum absolute atomic E-state index is 0. The average Bonchev–Trinajstić information content (AvgIpc) is 2.05. The minimum atomic E-state index is 0. The van der Waals surface area contributed by atoms with Gasteiger partial charge in [-0.2, -0.15) is 6.92 Å². The summed E-state index contributed by atoms with van der Waals surface area (Å²) < 4.78 is 5.47. The van der Waals surface area contributed by atoms with E-state index in [-0.39, 0.29) is 38.9 Å². The largest absolute Gasteiger partial charge is 3.00 e. The zero-order valence-corrected chi connectivity index (χ0v) is 12.3. The Labute approximate surface area is 109 Å². The first-order valence-electron chi connectivity index (χ1n) is 4.54. The van der Waals surface area contributed by atoms with Crippen LogP contribution in [0.4, 0.5) is 0 Å². The number of nitrogens with two attached hydrogens (primary N) is 1. The van der Waals surface area contributed by atoms with Crippen LogP contribution in [0.25, 0.3) is 6.15 Å². The standard InChI is InChI=1S/C10H21O.H2N.Y/c1-5-8-11-9-10(4,6-2)7-3;;/h5H,6-9H2,1-4H3;1H2;/q2*-1;+3. The maximum atomic E-state index is 5.47. The molecule has 0 saturated heterocycles. The van der Waals surface area contributed by atoms with E-state index in [1.54, 1.807) is 0 Å². The molecule has 13 heavy (non-hydrogen) atoms. The number of ether oxygens (including phenoxy) is 1. The molecule has 2 N–H and O–H groups in total. The Bertz CT molecular complexity index is 94.9. The number of hydrogen-bond donors (Lipinski definition) is 0. The van der Waals surface area contributed by atoms with Crippen molar-refractivity contribution in [1.82, 2.24) is 0 Å². The molecule has 0 aromatic rings. The summed E-state index contributed by atoms with van der Waals surface area (Å²) in [7, 11) is 0. The summed E-state index contributed by atoms with van der Waals surface area (Å²) in [5, 5.41) is 0. The van der Waals surface area contributed by atoms with Crippen LogP contribution in [-0.4, -0.2) is 13.2 Å². The molecule has 0 spiro atoms. The van der Waals surface area contributed by atoms with E-state index in [1.165, 1.54) is 12.8 Å². The molecule has 0 atom stereocenters. The molecule has 0 heterocycles. The van der Waals surface area contributed by atoms with Crippen LogP contribution in [0.3, 0.4) is 0 Å². The topological polar surface area (TPSA) is 42.7 Å². The van der Waals surface area contributed by atoms with Gasteiger partial charge in [-0.25, -0.2) is 0 Å². The fourth-order valence-electron chi connectivity index (χ4n) is 0.877.